The fraction of sp³-hybridized carbons (Fsp3) is 0.235. The molecule has 7 heteroatoms. The van der Waals surface area contributed by atoms with Crippen LogP contribution < -0.4 is 9.46 Å². The second kappa shape index (κ2) is 8.78. The minimum absolute atomic E-state index is 0.0220. The van der Waals surface area contributed by atoms with Gasteiger partial charge in [-0.05, 0) is 30.8 Å². The normalized spacial score (nSPS) is 10.8. The molecule has 0 spiro atoms. The number of hydrogen-bond acceptors (Lipinski definition) is 4. The van der Waals surface area contributed by atoms with Crippen LogP contribution in [0.5, 0.6) is 5.75 Å². The summed E-state index contributed by atoms with van der Waals surface area (Å²) in [4.78, 5) is 13.3. The Morgan fingerprint density at radius 3 is 2.46 bits per heavy atom. The molecule has 126 valence electrons. The maximum atomic E-state index is 12.1. The summed E-state index contributed by atoms with van der Waals surface area (Å²) >= 11 is 0. The van der Waals surface area contributed by atoms with Gasteiger partial charge in [-0.2, -0.15) is 0 Å². The average molecular weight is 346 g/mol. The zero-order valence-corrected chi connectivity index (χ0v) is 14.3. The minimum Gasteiger partial charge on any atom is -0.495 e. The third-order valence-corrected chi connectivity index (χ3v) is 4.48. The molecule has 0 fully saturated rings. The summed E-state index contributed by atoms with van der Waals surface area (Å²) in [6, 6.07) is 4.54. The highest BCUT2D eigenvalue weighted by atomic mass is 32.2. The van der Waals surface area contributed by atoms with Crippen LogP contribution in [0.3, 0.4) is 0 Å². The second-order valence-electron chi connectivity index (χ2n) is 4.55. The van der Waals surface area contributed by atoms with Gasteiger partial charge in [0, 0.05) is 6.08 Å². The van der Waals surface area contributed by atoms with Crippen molar-refractivity contribution in [3.63, 3.8) is 0 Å². The highest BCUT2D eigenvalue weighted by Gasteiger charge is 2.17. The highest BCUT2D eigenvalue weighted by Crippen LogP contribution is 2.25. The monoisotopic (exact) mass is 346 g/mol. The van der Waals surface area contributed by atoms with E-state index in [9.17, 15) is 13.2 Å². The van der Waals surface area contributed by atoms with E-state index in [1.54, 1.807) is 6.07 Å². The van der Waals surface area contributed by atoms with Crippen molar-refractivity contribution in [2.24, 2.45) is 0 Å². The SMILES string of the molecule is C#CCN(CC#C)C(=O)C=Cc1ccc(OC)c(S(=O)(=O)NC)c1. The molecule has 1 N–H and O–H groups in total. The molecule has 0 atom stereocenters. The van der Waals surface area contributed by atoms with Crippen molar-refractivity contribution in [2.75, 3.05) is 27.2 Å². The predicted octanol–water partition coefficient (Wildman–Crippen LogP) is 0.712. The van der Waals surface area contributed by atoms with Gasteiger partial charge in [0.05, 0.1) is 20.2 Å². The highest BCUT2D eigenvalue weighted by molar-refractivity contribution is 7.89. The van der Waals surface area contributed by atoms with Crippen LogP contribution in [0.4, 0.5) is 0 Å². The summed E-state index contributed by atoms with van der Waals surface area (Å²) in [6.07, 6.45) is 13.2. The Labute approximate surface area is 142 Å². The van der Waals surface area contributed by atoms with E-state index in [0.717, 1.165) is 0 Å². The number of rotatable bonds is 7. The van der Waals surface area contributed by atoms with Gasteiger partial charge in [-0.3, -0.25) is 4.79 Å². The van der Waals surface area contributed by atoms with Gasteiger partial charge < -0.3 is 9.64 Å². The van der Waals surface area contributed by atoms with Crippen molar-refractivity contribution >= 4 is 22.0 Å². The Kier molecular flexibility index (Phi) is 7.06. The van der Waals surface area contributed by atoms with Crippen LogP contribution in [0.2, 0.25) is 0 Å². The Morgan fingerprint density at radius 2 is 1.96 bits per heavy atom. The van der Waals surface area contributed by atoms with Gasteiger partial charge in [0.15, 0.2) is 0 Å². The molecule has 0 saturated heterocycles. The number of hydrogen-bond donors (Lipinski definition) is 1. The molecule has 1 rings (SSSR count). The first-order valence-electron chi connectivity index (χ1n) is 6.85. The van der Waals surface area contributed by atoms with Crippen LogP contribution in [-0.2, 0) is 14.8 Å². The lowest BCUT2D eigenvalue weighted by Gasteiger charge is -2.14. The lowest BCUT2D eigenvalue weighted by atomic mass is 10.2. The van der Waals surface area contributed by atoms with E-state index >= 15 is 0 Å². The predicted molar refractivity (Wildman–Crippen MR) is 92.5 cm³/mol. The first kappa shape index (κ1) is 19.3. The number of nitrogens with one attached hydrogen (secondary N) is 1. The Bertz CT molecular complexity index is 798. The van der Waals surface area contributed by atoms with Crippen molar-refractivity contribution < 1.29 is 17.9 Å². The summed E-state index contributed by atoms with van der Waals surface area (Å²) < 4.78 is 31.3. The molecule has 6 nitrogen and oxygen atoms in total. The molecular formula is C17H18N2O4S. The summed E-state index contributed by atoms with van der Waals surface area (Å²) in [6.45, 7) is 0.185. The lowest BCUT2D eigenvalue weighted by Crippen LogP contribution is -2.30. The maximum Gasteiger partial charge on any atom is 0.248 e. The molecule has 0 aromatic heterocycles. The number of terminal acetylenes is 2. The zero-order chi connectivity index (χ0) is 18.2. The van der Waals surface area contributed by atoms with Crippen LogP contribution in [0.25, 0.3) is 6.08 Å². The number of sulfonamides is 1. The largest absolute Gasteiger partial charge is 0.495 e. The molecule has 0 unspecified atom stereocenters. The fourth-order valence-corrected chi connectivity index (χ4v) is 2.75. The molecule has 0 saturated carbocycles. The molecule has 0 aliphatic carbocycles. The number of amides is 1. The Morgan fingerprint density at radius 1 is 1.33 bits per heavy atom. The number of carbonyl (C=O) groups is 1. The van der Waals surface area contributed by atoms with Crippen molar-refractivity contribution in [2.45, 2.75) is 4.90 Å². The third kappa shape index (κ3) is 4.88. The van der Waals surface area contributed by atoms with E-state index in [-0.39, 0.29) is 29.6 Å². The van der Waals surface area contributed by atoms with Gasteiger partial charge in [0.25, 0.3) is 0 Å². The second-order valence-corrected chi connectivity index (χ2v) is 6.41. The van der Waals surface area contributed by atoms with Crippen LogP contribution in [0, 0.1) is 24.7 Å². The van der Waals surface area contributed by atoms with E-state index in [2.05, 4.69) is 16.6 Å². The van der Waals surface area contributed by atoms with Crippen LogP contribution in [0.1, 0.15) is 5.56 Å². The van der Waals surface area contributed by atoms with Gasteiger partial charge in [-0.25, -0.2) is 13.1 Å². The first-order valence-corrected chi connectivity index (χ1v) is 8.33. The molecule has 0 bridgehead atoms. The van der Waals surface area contributed by atoms with E-state index in [1.807, 2.05) is 0 Å². The maximum absolute atomic E-state index is 12.1. The minimum atomic E-state index is -3.69. The zero-order valence-electron chi connectivity index (χ0n) is 13.4. The summed E-state index contributed by atoms with van der Waals surface area (Å²) in [5.74, 6) is 4.55. The van der Waals surface area contributed by atoms with Crippen molar-refractivity contribution in [1.29, 1.82) is 0 Å². The summed E-state index contributed by atoms with van der Waals surface area (Å²) in [7, 11) is -1.01. The molecule has 1 aromatic rings. The number of nitrogens with zero attached hydrogens (tertiary/aromatic N) is 1. The number of carbonyl (C=O) groups excluding carboxylic acids is 1. The molecule has 0 aliphatic rings. The number of benzene rings is 1. The van der Waals surface area contributed by atoms with Crippen LogP contribution in [-0.4, -0.2) is 46.5 Å². The number of ether oxygens (including phenoxy) is 1. The quantitative estimate of drug-likeness (QED) is 0.583. The van der Waals surface area contributed by atoms with Crippen LogP contribution in [0.15, 0.2) is 29.2 Å². The van der Waals surface area contributed by atoms with E-state index < -0.39 is 10.0 Å². The molecular weight excluding hydrogens is 328 g/mol. The van der Waals surface area contributed by atoms with Gasteiger partial charge in [0.2, 0.25) is 15.9 Å². The van der Waals surface area contributed by atoms with Crippen molar-refractivity contribution in [3.8, 4) is 30.4 Å². The van der Waals surface area contributed by atoms with Gasteiger partial charge in [-0.1, -0.05) is 17.9 Å². The van der Waals surface area contributed by atoms with Gasteiger partial charge in [0.1, 0.15) is 10.6 Å². The van der Waals surface area contributed by atoms with Gasteiger partial charge >= 0.3 is 0 Å². The van der Waals surface area contributed by atoms with E-state index in [4.69, 9.17) is 17.6 Å². The Balaban J connectivity index is 3.12. The molecule has 24 heavy (non-hydrogen) atoms. The fourth-order valence-electron chi connectivity index (χ4n) is 1.82. The first-order chi connectivity index (χ1) is 11.4. The third-order valence-electron chi connectivity index (χ3n) is 3.04. The molecule has 0 aliphatic heterocycles. The van der Waals surface area contributed by atoms with Crippen molar-refractivity contribution in [3.05, 3.63) is 29.8 Å². The average Bonchev–Trinajstić information content (AvgIpc) is 2.59. The smallest absolute Gasteiger partial charge is 0.248 e. The molecule has 0 radical (unpaired) electrons. The van der Waals surface area contributed by atoms with Crippen LogP contribution >= 0.6 is 0 Å². The summed E-state index contributed by atoms with van der Waals surface area (Å²) in [5, 5.41) is 0. The topological polar surface area (TPSA) is 75.7 Å². The standard InChI is InChI=1S/C17H18N2O4S/c1-5-11-19(12-6-2)17(20)10-8-14-7-9-15(23-4)16(13-14)24(21,22)18-3/h1-2,7-10,13,18H,11-12H2,3-4H3. The summed E-state index contributed by atoms with van der Waals surface area (Å²) in [5.41, 5.74) is 0.513. The molecule has 0 heterocycles. The number of methoxy groups -OCH3 is 1. The van der Waals surface area contributed by atoms with E-state index in [0.29, 0.717) is 5.56 Å². The molecule has 1 aromatic carbocycles. The Hall–Kier alpha value is -2.74. The molecule has 1 amide bonds. The lowest BCUT2D eigenvalue weighted by molar-refractivity contribution is -0.124. The van der Waals surface area contributed by atoms with Crippen molar-refractivity contribution in [1.82, 2.24) is 9.62 Å². The van der Waals surface area contributed by atoms with E-state index in [1.165, 1.54) is 43.3 Å². The van der Waals surface area contributed by atoms with Gasteiger partial charge in [-0.15, -0.1) is 12.8 Å².